The summed E-state index contributed by atoms with van der Waals surface area (Å²) in [6, 6.07) is 22.4. The van der Waals surface area contributed by atoms with Crippen molar-refractivity contribution in [3.63, 3.8) is 0 Å². The van der Waals surface area contributed by atoms with E-state index >= 15 is 0 Å². The number of nitrogens with zero attached hydrogens (tertiary/aromatic N) is 2. The predicted octanol–water partition coefficient (Wildman–Crippen LogP) is 7.11. The molecule has 0 radical (unpaired) electrons. The third-order valence-electron chi connectivity index (χ3n) is 4.32. The zero-order chi connectivity index (χ0) is 20.4. The van der Waals surface area contributed by atoms with Gasteiger partial charge in [0.15, 0.2) is 5.17 Å². The van der Waals surface area contributed by atoms with E-state index in [1.165, 1.54) is 17.3 Å². The zero-order valence-electron chi connectivity index (χ0n) is 15.5. The van der Waals surface area contributed by atoms with Gasteiger partial charge in [-0.25, -0.2) is 4.99 Å². The molecular formula is C23H16Cl2N2OS. The highest BCUT2D eigenvalue weighted by molar-refractivity contribution is 8.19. The Morgan fingerprint density at radius 2 is 1.45 bits per heavy atom. The van der Waals surface area contributed by atoms with Gasteiger partial charge in [-0.2, -0.15) is 0 Å². The van der Waals surface area contributed by atoms with Crippen molar-refractivity contribution in [3.05, 3.63) is 98.9 Å². The van der Waals surface area contributed by atoms with E-state index in [4.69, 9.17) is 23.2 Å². The molecule has 3 aromatic rings. The SMILES string of the molecule is Cc1ccc(/C=C2\SC(=Nc3ccc(Cl)cc3)N(c3ccc(Cl)cc3)C2=O)cc1. The van der Waals surface area contributed by atoms with E-state index in [2.05, 4.69) is 4.99 Å². The summed E-state index contributed by atoms with van der Waals surface area (Å²) in [6.07, 6.45) is 1.89. The number of halogens is 2. The molecule has 0 spiro atoms. The quantitative estimate of drug-likeness (QED) is 0.408. The number of anilines is 1. The molecule has 0 atom stereocenters. The van der Waals surface area contributed by atoms with Gasteiger partial charge in [0, 0.05) is 10.0 Å². The summed E-state index contributed by atoms with van der Waals surface area (Å²) in [7, 11) is 0. The Labute approximate surface area is 183 Å². The van der Waals surface area contributed by atoms with Gasteiger partial charge in [-0.05, 0) is 78.9 Å². The van der Waals surface area contributed by atoms with Crippen LogP contribution in [0, 0.1) is 6.92 Å². The van der Waals surface area contributed by atoms with Gasteiger partial charge in [-0.1, -0.05) is 53.0 Å². The van der Waals surface area contributed by atoms with E-state index < -0.39 is 0 Å². The Kier molecular flexibility index (Phi) is 5.76. The molecule has 0 aromatic heterocycles. The fourth-order valence-electron chi connectivity index (χ4n) is 2.81. The van der Waals surface area contributed by atoms with Crippen LogP contribution in [0.1, 0.15) is 11.1 Å². The number of hydrogen-bond donors (Lipinski definition) is 0. The monoisotopic (exact) mass is 438 g/mol. The average Bonchev–Trinajstić information content (AvgIpc) is 3.01. The first kappa shape index (κ1) is 19.8. The highest BCUT2D eigenvalue weighted by Crippen LogP contribution is 2.37. The molecular weight excluding hydrogens is 423 g/mol. The van der Waals surface area contributed by atoms with E-state index in [1.54, 1.807) is 29.2 Å². The second kappa shape index (κ2) is 8.46. The summed E-state index contributed by atoms with van der Waals surface area (Å²) in [5.74, 6) is -0.120. The van der Waals surface area contributed by atoms with Gasteiger partial charge in [0.05, 0.1) is 16.3 Å². The zero-order valence-corrected chi connectivity index (χ0v) is 17.8. The van der Waals surface area contributed by atoms with Crippen molar-refractivity contribution < 1.29 is 4.79 Å². The van der Waals surface area contributed by atoms with Gasteiger partial charge < -0.3 is 0 Å². The Morgan fingerprint density at radius 3 is 2.07 bits per heavy atom. The number of aryl methyl sites for hydroxylation is 1. The Bertz CT molecular complexity index is 1110. The highest BCUT2D eigenvalue weighted by Gasteiger charge is 2.34. The molecule has 1 amide bonds. The summed E-state index contributed by atoms with van der Waals surface area (Å²) in [6.45, 7) is 2.03. The maximum Gasteiger partial charge on any atom is 0.271 e. The molecule has 3 aromatic carbocycles. The third-order valence-corrected chi connectivity index (χ3v) is 5.79. The van der Waals surface area contributed by atoms with E-state index in [0.717, 1.165) is 11.3 Å². The summed E-state index contributed by atoms with van der Waals surface area (Å²) < 4.78 is 0. The van der Waals surface area contributed by atoms with Crippen molar-refractivity contribution in [2.75, 3.05) is 4.90 Å². The Morgan fingerprint density at radius 1 is 0.862 bits per heavy atom. The van der Waals surface area contributed by atoms with Crippen molar-refractivity contribution >= 4 is 63.5 Å². The molecule has 1 saturated heterocycles. The minimum Gasteiger partial charge on any atom is -0.268 e. The minimum absolute atomic E-state index is 0.120. The van der Waals surface area contributed by atoms with Crippen LogP contribution < -0.4 is 4.90 Å². The molecule has 1 fully saturated rings. The van der Waals surface area contributed by atoms with E-state index in [9.17, 15) is 4.79 Å². The van der Waals surface area contributed by atoms with Crippen molar-refractivity contribution in [1.82, 2.24) is 0 Å². The topological polar surface area (TPSA) is 32.7 Å². The fraction of sp³-hybridized carbons (Fsp3) is 0.0435. The number of carbonyl (C=O) groups excluding carboxylic acids is 1. The van der Waals surface area contributed by atoms with E-state index in [1.807, 2.05) is 61.5 Å². The smallest absolute Gasteiger partial charge is 0.268 e. The first-order chi connectivity index (χ1) is 14.0. The first-order valence-corrected chi connectivity index (χ1v) is 10.5. The maximum atomic E-state index is 13.2. The second-order valence-corrected chi connectivity index (χ2v) is 8.39. The molecule has 1 aliphatic rings. The lowest BCUT2D eigenvalue weighted by molar-refractivity contribution is -0.113. The van der Waals surface area contributed by atoms with Crippen LogP contribution in [0.4, 0.5) is 11.4 Å². The lowest BCUT2D eigenvalue weighted by Crippen LogP contribution is -2.28. The summed E-state index contributed by atoms with van der Waals surface area (Å²) in [4.78, 5) is 20.1. The highest BCUT2D eigenvalue weighted by atomic mass is 35.5. The van der Waals surface area contributed by atoms with Gasteiger partial charge in [0.2, 0.25) is 0 Å². The van der Waals surface area contributed by atoms with Gasteiger partial charge in [0.25, 0.3) is 5.91 Å². The molecule has 0 saturated carbocycles. The largest absolute Gasteiger partial charge is 0.271 e. The number of thioether (sulfide) groups is 1. The summed E-state index contributed by atoms with van der Waals surface area (Å²) >= 11 is 13.3. The molecule has 6 heteroatoms. The molecule has 3 nitrogen and oxygen atoms in total. The van der Waals surface area contributed by atoms with Crippen LogP contribution in [-0.4, -0.2) is 11.1 Å². The summed E-state index contributed by atoms with van der Waals surface area (Å²) in [5.41, 5.74) is 3.58. The first-order valence-electron chi connectivity index (χ1n) is 8.90. The molecule has 4 rings (SSSR count). The lowest BCUT2D eigenvalue weighted by Gasteiger charge is -2.15. The number of aliphatic imine (C=N–C) groups is 1. The maximum absolute atomic E-state index is 13.2. The molecule has 0 aliphatic carbocycles. The molecule has 0 bridgehead atoms. The molecule has 0 unspecified atom stereocenters. The molecule has 29 heavy (non-hydrogen) atoms. The van der Waals surface area contributed by atoms with Crippen LogP contribution in [0.25, 0.3) is 6.08 Å². The lowest BCUT2D eigenvalue weighted by atomic mass is 10.1. The van der Waals surface area contributed by atoms with Gasteiger partial charge in [-0.15, -0.1) is 0 Å². The number of hydrogen-bond acceptors (Lipinski definition) is 3. The Hall–Kier alpha value is -2.53. The van der Waals surface area contributed by atoms with Crippen molar-refractivity contribution in [3.8, 4) is 0 Å². The van der Waals surface area contributed by atoms with Crippen molar-refractivity contribution in [1.29, 1.82) is 0 Å². The predicted molar refractivity (Wildman–Crippen MR) is 124 cm³/mol. The molecule has 0 N–H and O–H groups in total. The third kappa shape index (κ3) is 4.56. The number of amidine groups is 1. The van der Waals surface area contributed by atoms with Crippen LogP contribution >= 0.6 is 35.0 Å². The molecule has 1 heterocycles. The second-order valence-electron chi connectivity index (χ2n) is 6.51. The number of benzene rings is 3. The van der Waals surface area contributed by atoms with Crippen LogP contribution in [0.2, 0.25) is 10.0 Å². The van der Waals surface area contributed by atoms with Crippen molar-refractivity contribution in [2.24, 2.45) is 4.99 Å². The Balaban J connectivity index is 1.76. The number of rotatable bonds is 3. The fourth-order valence-corrected chi connectivity index (χ4v) is 4.06. The minimum atomic E-state index is -0.120. The normalized spacial score (nSPS) is 16.8. The van der Waals surface area contributed by atoms with Crippen LogP contribution in [0.5, 0.6) is 0 Å². The summed E-state index contributed by atoms with van der Waals surface area (Å²) in [5, 5.41) is 1.83. The van der Waals surface area contributed by atoms with Gasteiger partial charge in [0.1, 0.15) is 0 Å². The van der Waals surface area contributed by atoms with Gasteiger partial charge >= 0.3 is 0 Å². The van der Waals surface area contributed by atoms with E-state index in [0.29, 0.717) is 25.8 Å². The van der Waals surface area contributed by atoms with Crippen LogP contribution in [-0.2, 0) is 4.79 Å². The number of amides is 1. The van der Waals surface area contributed by atoms with E-state index in [-0.39, 0.29) is 5.91 Å². The van der Waals surface area contributed by atoms with Crippen LogP contribution in [0.3, 0.4) is 0 Å². The van der Waals surface area contributed by atoms with Crippen LogP contribution in [0.15, 0.2) is 82.7 Å². The standard InChI is InChI=1S/C23H16Cl2N2OS/c1-15-2-4-16(5-3-15)14-21-22(28)27(20-12-8-18(25)9-13-20)23(29-21)26-19-10-6-17(24)7-11-19/h2-14H,1H3/b21-14-,26-23?. The molecule has 144 valence electrons. The number of carbonyl (C=O) groups is 1. The molecule has 1 aliphatic heterocycles. The van der Waals surface area contributed by atoms with Crippen molar-refractivity contribution in [2.45, 2.75) is 6.92 Å². The van der Waals surface area contributed by atoms with Gasteiger partial charge in [-0.3, -0.25) is 9.69 Å². The average molecular weight is 439 g/mol.